The van der Waals surface area contributed by atoms with Crippen LogP contribution in [0.2, 0.25) is 0 Å². The number of benzene rings is 1. The Balaban J connectivity index is 1.57. The van der Waals surface area contributed by atoms with E-state index in [0.717, 1.165) is 70.1 Å². The van der Waals surface area contributed by atoms with Crippen molar-refractivity contribution in [3.8, 4) is 5.75 Å². The van der Waals surface area contributed by atoms with Gasteiger partial charge in [-0.05, 0) is 52.6 Å². The Kier molecular flexibility index (Phi) is 7.18. The smallest absolute Gasteiger partial charge is 0.191 e. The van der Waals surface area contributed by atoms with Gasteiger partial charge < -0.3 is 25.4 Å². The first-order valence-corrected chi connectivity index (χ1v) is 10.7. The lowest BCUT2D eigenvalue weighted by Crippen LogP contribution is -2.45. The average molecular weight is 389 g/mol. The Morgan fingerprint density at radius 2 is 2.04 bits per heavy atom. The first-order chi connectivity index (χ1) is 13.5. The molecular weight excluding hydrogens is 352 g/mol. The lowest BCUT2D eigenvalue weighted by atomic mass is 9.90. The number of likely N-dealkylation sites (tertiary alicyclic amines) is 1. The third kappa shape index (κ3) is 5.85. The summed E-state index contributed by atoms with van der Waals surface area (Å²) in [5.74, 6) is 1.83. The lowest BCUT2D eigenvalue weighted by Gasteiger charge is -2.38. The lowest BCUT2D eigenvalue weighted by molar-refractivity contribution is 0.0694. The zero-order chi connectivity index (χ0) is 20.0. The molecule has 3 rings (SSSR count). The van der Waals surface area contributed by atoms with Gasteiger partial charge >= 0.3 is 0 Å². The molecule has 6 heteroatoms. The standard InChI is InChI=1S/C22H36N4O2/c1-4-23-21(24-12-7-13-26-14-10-17(27)11-15-26)25-19-16-22(2,3)28-20-9-6-5-8-18(19)20/h5-6,8-9,17,19,27H,4,7,10-16H2,1-3H3,(H2,23,24,25). The molecule has 3 N–H and O–H groups in total. The molecule has 1 aromatic rings. The number of fused-ring (bicyclic) bond motifs is 1. The fourth-order valence-electron chi connectivity index (χ4n) is 4.04. The van der Waals surface area contributed by atoms with E-state index in [-0.39, 0.29) is 17.7 Å². The van der Waals surface area contributed by atoms with Crippen molar-refractivity contribution in [1.82, 2.24) is 15.5 Å². The number of hydrogen-bond donors (Lipinski definition) is 3. The van der Waals surface area contributed by atoms with Crippen molar-refractivity contribution in [2.24, 2.45) is 4.99 Å². The third-order valence-corrected chi connectivity index (χ3v) is 5.49. The van der Waals surface area contributed by atoms with E-state index in [4.69, 9.17) is 9.73 Å². The van der Waals surface area contributed by atoms with E-state index in [9.17, 15) is 5.11 Å². The van der Waals surface area contributed by atoms with Gasteiger partial charge in [-0.25, -0.2) is 0 Å². The van der Waals surface area contributed by atoms with E-state index in [2.05, 4.69) is 48.4 Å². The fourth-order valence-corrected chi connectivity index (χ4v) is 4.04. The van der Waals surface area contributed by atoms with Crippen LogP contribution in [0.4, 0.5) is 0 Å². The quantitative estimate of drug-likeness (QED) is 0.397. The molecule has 6 nitrogen and oxygen atoms in total. The van der Waals surface area contributed by atoms with Crippen molar-refractivity contribution < 1.29 is 9.84 Å². The second kappa shape index (κ2) is 9.61. The maximum Gasteiger partial charge on any atom is 0.191 e. The third-order valence-electron chi connectivity index (χ3n) is 5.49. The van der Waals surface area contributed by atoms with E-state index in [1.807, 2.05) is 12.1 Å². The number of para-hydroxylation sites is 1. The SMILES string of the molecule is CCNC(=NCCCN1CCC(O)CC1)NC1CC(C)(C)Oc2ccccc21. The topological polar surface area (TPSA) is 69.1 Å². The predicted octanol–water partition coefficient (Wildman–Crippen LogP) is 2.69. The van der Waals surface area contributed by atoms with Crippen molar-refractivity contribution in [3.63, 3.8) is 0 Å². The number of aliphatic hydroxyl groups excluding tert-OH is 1. The highest BCUT2D eigenvalue weighted by Gasteiger charge is 2.33. The van der Waals surface area contributed by atoms with Gasteiger partial charge in [0.05, 0.1) is 12.1 Å². The van der Waals surface area contributed by atoms with Crippen LogP contribution in [-0.4, -0.2) is 60.4 Å². The molecule has 0 spiro atoms. The van der Waals surface area contributed by atoms with Gasteiger partial charge in [-0.2, -0.15) is 0 Å². The summed E-state index contributed by atoms with van der Waals surface area (Å²) in [6, 6.07) is 8.45. The Morgan fingerprint density at radius 3 is 2.79 bits per heavy atom. The van der Waals surface area contributed by atoms with E-state index in [0.29, 0.717) is 0 Å². The van der Waals surface area contributed by atoms with Crippen LogP contribution in [0.3, 0.4) is 0 Å². The number of nitrogens with zero attached hydrogens (tertiary/aromatic N) is 2. The zero-order valence-electron chi connectivity index (χ0n) is 17.6. The van der Waals surface area contributed by atoms with Crippen molar-refractivity contribution in [1.29, 1.82) is 0 Å². The number of hydrogen-bond acceptors (Lipinski definition) is 4. The Bertz CT molecular complexity index is 654. The van der Waals surface area contributed by atoms with Gasteiger partial charge in [0.25, 0.3) is 0 Å². The van der Waals surface area contributed by atoms with Crippen LogP contribution >= 0.6 is 0 Å². The molecule has 1 fully saturated rings. The molecule has 2 heterocycles. The molecule has 0 amide bonds. The first kappa shape index (κ1) is 20.9. The molecule has 2 aliphatic rings. The molecular formula is C22H36N4O2. The number of aliphatic hydroxyl groups is 1. The van der Waals surface area contributed by atoms with E-state index >= 15 is 0 Å². The maximum absolute atomic E-state index is 9.62. The molecule has 0 aromatic heterocycles. The zero-order valence-corrected chi connectivity index (χ0v) is 17.6. The summed E-state index contributed by atoms with van der Waals surface area (Å²) in [6.45, 7) is 11.0. The number of rotatable bonds is 6. The second-order valence-corrected chi connectivity index (χ2v) is 8.49. The maximum atomic E-state index is 9.62. The van der Waals surface area contributed by atoms with Crippen molar-refractivity contribution in [2.45, 2.75) is 64.2 Å². The molecule has 1 unspecified atom stereocenters. The highest BCUT2D eigenvalue weighted by atomic mass is 16.5. The molecule has 0 bridgehead atoms. The molecule has 1 aromatic carbocycles. The van der Waals surface area contributed by atoms with E-state index in [1.165, 1.54) is 5.56 Å². The molecule has 156 valence electrons. The highest BCUT2D eigenvalue weighted by molar-refractivity contribution is 5.80. The molecule has 0 aliphatic carbocycles. The van der Waals surface area contributed by atoms with Crippen molar-refractivity contribution >= 4 is 5.96 Å². The largest absolute Gasteiger partial charge is 0.487 e. The molecule has 0 saturated carbocycles. The second-order valence-electron chi connectivity index (χ2n) is 8.49. The van der Waals surface area contributed by atoms with Crippen LogP contribution in [-0.2, 0) is 0 Å². The number of nitrogens with one attached hydrogen (secondary N) is 2. The Morgan fingerprint density at radius 1 is 1.29 bits per heavy atom. The Labute approximate surface area is 169 Å². The van der Waals surface area contributed by atoms with Gasteiger partial charge in [0.15, 0.2) is 5.96 Å². The number of piperidine rings is 1. The summed E-state index contributed by atoms with van der Waals surface area (Å²) in [4.78, 5) is 7.24. The highest BCUT2D eigenvalue weighted by Crippen LogP contribution is 2.39. The van der Waals surface area contributed by atoms with Crippen LogP contribution in [0.1, 0.15) is 58.1 Å². The summed E-state index contributed by atoms with van der Waals surface area (Å²) in [5, 5.41) is 16.6. The summed E-state index contributed by atoms with van der Waals surface area (Å²) in [7, 11) is 0. The summed E-state index contributed by atoms with van der Waals surface area (Å²) >= 11 is 0. The predicted molar refractivity (Wildman–Crippen MR) is 114 cm³/mol. The minimum atomic E-state index is -0.206. The van der Waals surface area contributed by atoms with Gasteiger partial charge in [0, 0.05) is 38.2 Å². The number of ether oxygens (including phenoxy) is 1. The monoisotopic (exact) mass is 388 g/mol. The molecule has 2 aliphatic heterocycles. The summed E-state index contributed by atoms with van der Waals surface area (Å²) in [6.07, 6.45) is 3.61. The van der Waals surface area contributed by atoms with Crippen molar-refractivity contribution in [3.05, 3.63) is 29.8 Å². The first-order valence-electron chi connectivity index (χ1n) is 10.7. The normalized spacial score (nSPS) is 23.0. The average Bonchev–Trinajstić information content (AvgIpc) is 2.66. The van der Waals surface area contributed by atoms with E-state index < -0.39 is 0 Å². The van der Waals surface area contributed by atoms with Gasteiger partial charge in [-0.3, -0.25) is 4.99 Å². The molecule has 0 radical (unpaired) electrons. The summed E-state index contributed by atoms with van der Waals surface area (Å²) in [5.41, 5.74) is 0.988. The number of aliphatic imine (C=N–C) groups is 1. The van der Waals surface area contributed by atoms with Crippen molar-refractivity contribution in [2.75, 3.05) is 32.7 Å². The molecule has 28 heavy (non-hydrogen) atoms. The molecule has 1 atom stereocenters. The van der Waals surface area contributed by atoms with Gasteiger partial charge in [-0.1, -0.05) is 18.2 Å². The van der Waals surface area contributed by atoms with Gasteiger partial charge in [-0.15, -0.1) is 0 Å². The van der Waals surface area contributed by atoms with E-state index in [1.54, 1.807) is 0 Å². The number of guanidine groups is 1. The minimum Gasteiger partial charge on any atom is -0.487 e. The fraction of sp³-hybridized carbons (Fsp3) is 0.682. The summed E-state index contributed by atoms with van der Waals surface area (Å²) < 4.78 is 6.14. The van der Waals surface area contributed by atoms with Crippen LogP contribution in [0.15, 0.2) is 29.3 Å². The van der Waals surface area contributed by atoms with Gasteiger partial charge in [0.2, 0.25) is 0 Å². The van der Waals surface area contributed by atoms with Crippen LogP contribution < -0.4 is 15.4 Å². The Hall–Kier alpha value is -1.79. The van der Waals surface area contributed by atoms with Crippen LogP contribution in [0, 0.1) is 0 Å². The van der Waals surface area contributed by atoms with Crippen LogP contribution in [0.25, 0.3) is 0 Å². The minimum absolute atomic E-state index is 0.106. The molecule has 1 saturated heterocycles. The van der Waals surface area contributed by atoms with Gasteiger partial charge in [0.1, 0.15) is 11.4 Å². The van der Waals surface area contributed by atoms with Crippen LogP contribution in [0.5, 0.6) is 5.75 Å².